The van der Waals surface area contributed by atoms with Crippen LogP contribution in [-0.4, -0.2) is 13.2 Å². The molecule has 0 atom stereocenters. The molecule has 0 spiro atoms. The Bertz CT molecular complexity index is 409. The maximum absolute atomic E-state index is 11.2. The van der Waals surface area contributed by atoms with Crippen LogP contribution in [0, 0.1) is 0 Å². The fraction of sp³-hybridized carbons (Fsp3) is 0.538. The van der Waals surface area contributed by atoms with Crippen LogP contribution in [0.1, 0.15) is 39.7 Å². The second kappa shape index (κ2) is 4.58. The summed E-state index contributed by atoms with van der Waals surface area (Å²) in [5.74, 6) is 0. The number of rotatable bonds is 4. The minimum Gasteiger partial charge on any atom is -0.231 e. The van der Waals surface area contributed by atoms with Crippen LogP contribution in [0.3, 0.4) is 0 Å². The molecule has 1 aromatic carbocycles. The Balaban J connectivity index is 2.97. The fourth-order valence-corrected chi connectivity index (χ4v) is 2.66. The summed E-state index contributed by atoms with van der Waals surface area (Å²) in [5, 5.41) is 0. The topological polar surface area (TPSA) is 34.1 Å². The van der Waals surface area contributed by atoms with Gasteiger partial charge in [0.05, 0.1) is 4.75 Å². The van der Waals surface area contributed by atoms with E-state index < -0.39 is 15.5 Å². The van der Waals surface area contributed by atoms with E-state index in [1.807, 2.05) is 30.3 Å². The van der Waals surface area contributed by atoms with Gasteiger partial charge in [0.25, 0.3) is 0 Å². The van der Waals surface area contributed by atoms with E-state index in [0.29, 0.717) is 6.42 Å². The Labute approximate surface area is 99.6 Å². The van der Waals surface area contributed by atoms with E-state index in [4.69, 9.17) is 0 Å². The van der Waals surface area contributed by atoms with E-state index in [1.165, 1.54) is 5.56 Å². The van der Waals surface area contributed by atoms with Crippen LogP contribution >= 0.6 is 0 Å². The van der Waals surface area contributed by atoms with E-state index in [9.17, 15) is 8.42 Å². The third-order valence-electron chi connectivity index (χ3n) is 2.92. The molecule has 0 saturated heterocycles. The molecule has 0 radical (unpaired) electrons. The van der Waals surface area contributed by atoms with Crippen LogP contribution in [-0.2, 0) is 16.1 Å². The molecule has 16 heavy (non-hydrogen) atoms. The van der Waals surface area contributed by atoms with Crippen molar-refractivity contribution in [3.05, 3.63) is 35.9 Å². The Morgan fingerprint density at radius 1 is 1.00 bits per heavy atom. The monoisotopic (exact) mass is 240 g/mol. The molecule has 0 fully saturated rings. The number of hydrogen-bond acceptors (Lipinski definition) is 2. The van der Waals surface area contributed by atoms with Crippen LogP contribution in [0.5, 0.6) is 0 Å². The molecule has 0 heterocycles. The van der Waals surface area contributed by atoms with E-state index in [0.717, 1.165) is 0 Å². The lowest BCUT2D eigenvalue weighted by atomic mass is 9.77. The van der Waals surface area contributed by atoms with Gasteiger partial charge in [0.2, 0.25) is 0 Å². The lowest BCUT2D eigenvalue weighted by molar-refractivity contribution is 0.411. The van der Waals surface area contributed by atoms with Crippen molar-refractivity contribution in [2.24, 2.45) is 0 Å². The third-order valence-corrected chi connectivity index (χ3v) is 4.07. The normalized spacial score (nSPS) is 13.1. The van der Waals surface area contributed by atoms with Gasteiger partial charge < -0.3 is 0 Å². The van der Waals surface area contributed by atoms with Crippen molar-refractivity contribution in [1.82, 2.24) is 0 Å². The van der Waals surface area contributed by atoms with Crippen molar-refractivity contribution in [3.8, 4) is 0 Å². The molecular weight excluding hydrogens is 220 g/mol. The zero-order valence-corrected chi connectivity index (χ0v) is 11.3. The maximum Gasteiger partial charge on any atom is 0.145 e. The summed E-state index contributed by atoms with van der Waals surface area (Å²) in [6, 6.07) is 10.0. The fourth-order valence-electron chi connectivity index (χ4n) is 2.14. The molecule has 3 heteroatoms. The number of hydrogen-bond donors (Lipinski definition) is 1. The summed E-state index contributed by atoms with van der Waals surface area (Å²) in [6.45, 7) is 7.73. The first-order valence-corrected chi connectivity index (χ1v) is 6.63. The van der Waals surface area contributed by atoms with Gasteiger partial charge >= 0.3 is 0 Å². The zero-order chi connectivity index (χ0) is 12.4. The Morgan fingerprint density at radius 3 is 1.94 bits per heavy atom. The quantitative estimate of drug-likeness (QED) is 0.821. The second-order valence-corrected chi connectivity index (χ2v) is 7.22. The third kappa shape index (κ3) is 3.08. The van der Waals surface area contributed by atoms with Crippen LogP contribution < -0.4 is 0 Å². The van der Waals surface area contributed by atoms with Gasteiger partial charge in [-0.3, -0.25) is 0 Å². The minimum atomic E-state index is -2.40. The van der Waals surface area contributed by atoms with Gasteiger partial charge in [-0.1, -0.05) is 44.2 Å². The van der Waals surface area contributed by atoms with E-state index in [2.05, 4.69) is 13.8 Å². The van der Waals surface area contributed by atoms with E-state index in [-0.39, 0.29) is 5.41 Å². The first-order valence-electron chi connectivity index (χ1n) is 5.46. The largest absolute Gasteiger partial charge is 0.231 e. The van der Waals surface area contributed by atoms with Crippen molar-refractivity contribution in [2.75, 3.05) is 0 Å². The van der Waals surface area contributed by atoms with Crippen molar-refractivity contribution in [2.45, 2.75) is 44.3 Å². The molecule has 0 saturated carbocycles. The SMILES string of the molecule is CC(C)(CC(C)(C)[SH](=O)=O)c1ccccc1. The lowest BCUT2D eigenvalue weighted by Gasteiger charge is -2.31. The average Bonchev–Trinajstić information content (AvgIpc) is 2.17. The van der Waals surface area contributed by atoms with Gasteiger partial charge in [-0.2, -0.15) is 0 Å². The van der Waals surface area contributed by atoms with Gasteiger partial charge in [-0.15, -0.1) is 0 Å². The van der Waals surface area contributed by atoms with Crippen LogP contribution in [0.4, 0.5) is 0 Å². The highest BCUT2D eigenvalue weighted by Gasteiger charge is 2.32. The molecule has 0 unspecified atom stereocenters. The predicted molar refractivity (Wildman–Crippen MR) is 68.5 cm³/mol. The molecule has 90 valence electrons. The first-order chi connectivity index (χ1) is 7.26. The van der Waals surface area contributed by atoms with Crippen LogP contribution in [0.2, 0.25) is 0 Å². The molecule has 0 bridgehead atoms. The van der Waals surface area contributed by atoms with Crippen molar-refractivity contribution < 1.29 is 8.42 Å². The summed E-state index contributed by atoms with van der Waals surface area (Å²) in [6.07, 6.45) is 0.628. The Kier molecular flexibility index (Phi) is 3.79. The summed E-state index contributed by atoms with van der Waals surface area (Å²) in [5.41, 5.74) is 1.06. The van der Waals surface area contributed by atoms with E-state index >= 15 is 0 Å². The molecule has 0 aliphatic heterocycles. The molecule has 0 aliphatic rings. The van der Waals surface area contributed by atoms with Crippen molar-refractivity contribution in [3.63, 3.8) is 0 Å². The maximum atomic E-state index is 11.2. The summed E-state index contributed by atoms with van der Waals surface area (Å²) in [7, 11) is -2.40. The average molecular weight is 240 g/mol. The molecule has 0 amide bonds. The molecular formula is C13H20O2S. The molecule has 1 aromatic rings. The molecule has 0 N–H and O–H groups in total. The molecule has 0 aliphatic carbocycles. The van der Waals surface area contributed by atoms with Gasteiger partial charge in [0, 0.05) is 0 Å². The van der Waals surface area contributed by atoms with Gasteiger partial charge in [-0.25, -0.2) is 8.42 Å². The molecule has 2 nitrogen and oxygen atoms in total. The molecule has 0 aromatic heterocycles. The van der Waals surface area contributed by atoms with Gasteiger partial charge in [-0.05, 0) is 31.2 Å². The highest BCUT2D eigenvalue weighted by atomic mass is 32.2. The van der Waals surface area contributed by atoms with Gasteiger partial charge in [0.15, 0.2) is 0 Å². The van der Waals surface area contributed by atoms with Crippen LogP contribution in [0.15, 0.2) is 30.3 Å². The summed E-state index contributed by atoms with van der Waals surface area (Å²) >= 11 is 0. The number of thiol groups is 1. The minimum absolute atomic E-state index is 0.125. The predicted octanol–water partition coefficient (Wildman–Crippen LogP) is 2.74. The second-order valence-electron chi connectivity index (χ2n) is 5.50. The Morgan fingerprint density at radius 2 is 1.50 bits per heavy atom. The highest BCUT2D eigenvalue weighted by Crippen LogP contribution is 2.33. The number of benzene rings is 1. The molecule has 1 rings (SSSR count). The zero-order valence-electron chi connectivity index (χ0n) is 10.4. The summed E-state index contributed by atoms with van der Waals surface area (Å²) < 4.78 is 21.7. The van der Waals surface area contributed by atoms with Gasteiger partial charge in [0.1, 0.15) is 10.7 Å². The Hall–Kier alpha value is -0.830. The summed E-state index contributed by atoms with van der Waals surface area (Å²) in [4.78, 5) is 0. The first kappa shape index (κ1) is 13.2. The highest BCUT2D eigenvalue weighted by molar-refractivity contribution is 7.74. The lowest BCUT2D eigenvalue weighted by Crippen LogP contribution is -2.32. The smallest absolute Gasteiger partial charge is 0.145 e. The van der Waals surface area contributed by atoms with Crippen molar-refractivity contribution in [1.29, 1.82) is 0 Å². The standard InChI is InChI=1S/C13H20O2S/c1-12(2,10-13(3,4)16(14)15)11-8-6-5-7-9-11/h5-9,16H,10H2,1-4H3. The van der Waals surface area contributed by atoms with Crippen LogP contribution in [0.25, 0.3) is 0 Å². The van der Waals surface area contributed by atoms with Crippen molar-refractivity contribution >= 4 is 10.7 Å². The van der Waals surface area contributed by atoms with E-state index in [1.54, 1.807) is 13.8 Å².